The summed E-state index contributed by atoms with van der Waals surface area (Å²) in [6, 6.07) is 5.21. The molecule has 30 heavy (non-hydrogen) atoms. The maximum Gasteiger partial charge on any atom is 0.241 e. The molecule has 1 aliphatic heterocycles. The maximum absolute atomic E-state index is 13.0. The molecule has 160 valence electrons. The molecule has 0 bridgehead atoms. The quantitative estimate of drug-likeness (QED) is 0.507. The second-order valence-corrected chi connectivity index (χ2v) is 8.28. The van der Waals surface area contributed by atoms with Crippen LogP contribution in [0.15, 0.2) is 59.9 Å². The molecule has 1 aliphatic rings. The number of nitrogens with zero attached hydrogens (tertiary/aromatic N) is 2. The van der Waals surface area contributed by atoms with Gasteiger partial charge in [-0.15, -0.1) is 0 Å². The fraction of sp³-hybridized carbons (Fsp3) is 0.316. The predicted octanol–water partition coefficient (Wildman–Crippen LogP) is 0.285. The van der Waals surface area contributed by atoms with Crippen LogP contribution in [0.4, 0.5) is 4.39 Å². The van der Waals surface area contributed by atoms with E-state index in [0.717, 1.165) is 24.3 Å². The van der Waals surface area contributed by atoms with E-state index in [1.807, 2.05) is 0 Å². The molecule has 9 nitrogen and oxygen atoms in total. The SMILES string of the molecule is O=C(C[C@@H]1C=C[C@@H](NS(=O)(=O)c2ccc(F)cc2)[C@H](CO)O1)NCc1ccncn1. The normalized spacial score (nSPS) is 21.3. The van der Waals surface area contributed by atoms with Crippen molar-refractivity contribution in [2.45, 2.75) is 36.1 Å². The molecule has 0 aliphatic carbocycles. The topological polar surface area (TPSA) is 131 Å². The van der Waals surface area contributed by atoms with Crippen LogP contribution in [0.3, 0.4) is 0 Å². The highest BCUT2D eigenvalue weighted by Gasteiger charge is 2.31. The molecule has 3 rings (SSSR count). The number of amides is 1. The van der Waals surface area contributed by atoms with Gasteiger partial charge in [-0.05, 0) is 30.3 Å². The van der Waals surface area contributed by atoms with Gasteiger partial charge in [0.2, 0.25) is 15.9 Å². The minimum absolute atomic E-state index is 0.00445. The number of nitrogens with one attached hydrogen (secondary N) is 2. The third kappa shape index (κ3) is 5.89. The summed E-state index contributed by atoms with van der Waals surface area (Å²) in [6.45, 7) is -0.221. The van der Waals surface area contributed by atoms with Gasteiger partial charge in [-0.2, -0.15) is 0 Å². The number of benzene rings is 1. The molecule has 3 atom stereocenters. The summed E-state index contributed by atoms with van der Waals surface area (Å²) in [4.78, 5) is 19.8. The smallest absolute Gasteiger partial charge is 0.241 e. The summed E-state index contributed by atoms with van der Waals surface area (Å²) in [6.07, 6.45) is 4.54. The van der Waals surface area contributed by atoms with Gasteiger partial charge in [0.25, 0.3) is 0 Å². The lowest BCUT2D eigenvalue weighted by molar-refractivity contribution is -0.125. The van der Waals surface area contributed by atoms with Crippen molar-refractivity contribution in [2.75, 3.05) is 6.61 Å². The summed E-state index contributed by atoms with van der Waals surface area (Å²) in [5.41, 5.74) is 0.655. The average molecular weight is 436 g/mol. The van der Waals surface area contributed by atoms with Crippen molar-refractivity contribution in [3.05, 3.63) is 66.5 Å². The molecule has 3 N–H and O–H groups in total. The Morgan fingerprint density at radius 3 is 2.63 bits per heavy atom. The van der Waals surface area contributed by atoms with E-state index in [9.17, 15) is 22.7 Å². The van der Waals surface area contributed by atoms with E-state index in [4.69, 9.17) is 4.74 Å². The second kappa shape index (κ2) is 9.85. The van der Waals surface area contributed by atoms with Gasteiger partial charge in [0, 0.05) is 6.20 Å². The Morgan fingerprint density at radius 2 is 1.97 bits per heavy atom. The van der Waals surface area contributed by atoms with E-state index in [2.05, 4.69) is 20.0 Å². The number of ether oxygens (including phenoxy) is 1. The van der Waals surface area contributed by atoms with Crippen LogP contribution in [-0.2, 0) is 26.1 Å². The lowest BCUT2D eigenvalue weighted by Crippen LogP contribution is -2.49. The summed E-state index contributed by atoms with van der Waals surface area (Å²) >= 11 is 0. The van der Waals surface area contributed by atoms with Crippen LogP contribution in [0.5, 0.6) is 0 Å². The fourth-order valence-corrected chi connectivity index (χ4v) is 4.06. The van der Waals surface area contributed by atoms with E-state index >= 15 is 0 Å². The molecule has 0 unspecified atom stereocenters. The van der Waals surface area contributed by atoms with Gasteiger partial charge in [0.15, 0.2) is 0 Å². The Hall–Kier alpha value is -2.73. The molecule has 0 saturated carbocycles. The van der Waals surface area contributed by atoms with Gasteiger partial charge >= 0.3 is 0 Å². The Labute approximate surface area is 173 Å². The number of halogens is 1. The van der Waals surface area contributed by atoms with Crippen LogP contribution in [-0.4, -0.2) is 54.3 Å². The van der Waals surface area contributed by atoms with Crippen molar-refractivity contribution in [3.8, 4) is 0 Å². The second-order valence-electron chi connectivity index (χ2n) is 6.56. The largest absolute Gasteiger partial charge is 0.394 e. The van der Waals surface area contributed by atoms with Gasteiger partial charge in [0.05, 0.1) is 42.3 Å². The molecule has 0 saturated heterocycles. The zero-order chi connectivity index (χ0) is 21.6. The number of rotatable bonds is 8. The molecule has 2 heterocycles. The van der Waals surface area contributed by atoms with E-state index in [0.29, 0.717) is 5.69 Å². The van der Waals surface area contributed by atoms with Gasteiger partial charge in [-0.3, -0.25) is 4.79 Å². The van der Waals surface area contributed by atoms with Gasteiger partial charge in [0.1, 0.15) is 18.2 Å². The van der Waals surface area contributed by atoms with E-state index in [1.54, 1.807) is 18.3 Å². The highest BCUT2D eigenvalue weighted by Crippen LogP contribution is 2.18. The monoisotopic (exact) mass is 436 g/mol. The number of aliphatic hydroxyl groups is 1. The number of aromatic nitrogens is 2. The first kappa shape index (κ1) is 22.0. The highest BCUT2D eigenvalue weighted by atomic mass is 32.2. The molecule has 11 heteroatoms. The molecule has 0 radical (unpaired) electrons. The fourth-order valence-electron chi connectivity index (χ4n) is 2.84. The number of carbonyl (C=O) groups is 1. The molecule has 0 fully saturated rings. The lowest BCUT2D eigenvalue weighted by atomic mass is 10.1. The Bertz CT molecular complexity index is 986. The Kier molecular flexibility index (Phi) is 7.21. The molecular formula is C19H21FN4O5S. The molecular weight excluding hydrogens is 415 g/mol. The first-order valence-electron chi connectivity index (χ1n) is 9.11. The first-order valence-corrected chi connectivity index (χ1v) is 10.6. The van der Waals surface area contributed by atoms with Crippen molar-refractivity contribution < 1.29 is 27.4 Å². The van der Waals surface area contributed by atoms with Gasteiger partial charge in [-0.1, -0.05) is 12.2 Å². The van der Waals surface area contributed by atoms with Crippen LogP contribution in [0.25, 0.3) is 0 Å². The lowest BCUT2D eigenvalue weighted by Gasteiger charge is -2.31. The molecule has 1 amide bonds. The minimum Gasteiger partial charge on any atom is -0.394 e. The van der Waals surface area contributed by atoms with Gasteiger partial charge in [-0.25, -0.2) is 27.5 Å². The Balaban J connectivity index is 1.58. The molecule has 1 aromatic carbocycles. The molecule has 1 aromatic heterocycles. The van der Waals surface area contributed by atoms with Crippen LogP contribution >= 0.6 is 0 Å². The van der Waals surface area contributed by atoms with E-state index < -0.39 is 40.7 Å². The van der Waals surface area contributed by atoms with Crippen LogP contribution in [0.2, 0.25) is 0 Å². The van der Waals surface area contributed by atoms with Gasteiger partial charge < -0.3 is 15.2 Å². The minimum atomic E-state index is -3.95. The zero-order valence-electron chi connectivity index (χ0n) is 15.8. The Morgan fingerprint density at radius 1 is 1.20 bits per heavy atom. The zero-order valence-corrected chi connectivity index (χ0v) is 16.6. The van der Waals surface area contributed by atoms with Crippen LogP contribution < -0.4 is 10.0 Å². The third-order valence-corrected chi connectivity index (χ3v) is 5.85. The van der Waals surface area contributed by atoms with Crippen LogP contribution in [0.1, 0.15) is 12.1 Å². The number of hydrogen-bond donors (Lipinski definition) is 3. The van der Waals surface area contributed by atoms with Crippen molar-refractivity contribution in [1.82, 2.24) is 20.0 Å². The standard InChI is InChI=1S/C19H21FN4O5S/c20-13-1-4-16(5-2-13)30(27,28)24-17-6-3-15(29-18(17)11-25)9-19(26)22-10-14-7-8-21-12-23-14/h1-8,12,15,17-18,24-25H,9-11H2,(H,22,26)/t15-,17+,18-/m0/s1. The summed E-state index contributed by atoms with van der Waals surface area (Å²) in [7, 11) is -3.95. The number of hydrogen-bond acceptors (Lipinski definition) is 7. The van der Waals surface area contributed by atoms with Crippen molar-refractivity contribution >= 4 is 15.9 Å². The third-order valence-electron chi connectivity index (χ3n) is 4.37. The molecule has 0 spiro atoms. The number of sulfonamides is 1. The van der Waals surface area contributed by atoms with E-state index in [-0.39, 0.29) is 23.8 Å². The first-order chi connectivity index (χ1) is 14.4. The number of aliphatic hydroxyl groups excluding tert-OH is 1. The maximum atomic E-state index is 13.0. The predicted molar refractivity (Wildman–Crippen MR) is 104 cm³/mol. The van der Waals surface area contributed by atoms with Crippen molar-refractivity contribution in [2.24, 2.45) is 0 Å². The number of carbonyl (C=O) groups excluding carboxylic acids is 1. The van der Waals surface area contributed by atoms with Crippen LogP contribution in [0, 0.1) is 5.82 Å². The van der Waals surface area contributed by atoms with Crippen molar-refractivity contribution in [3.63, 3.8) is 0 Å². The highest BCUT2D eigenvalue weighted by molar-refractivity contribution is 7.89. The summed E-state index contributed by atoms with van der Waals surface area (Å²) in [5.74, 6) is -0.839. The van der Waals surface area contributed by atoms with Crippen molar-refractivity contribution in [1.29, 1.82) is 0 Å². The summed E-state index contributed by atoms with van der Waals surface area (Å²) in [5, 5.41) is 12.3. The average Bonchev–Trinajstić information content (AvgIpc) is 2.74. The van der Waals surface area contributed by atoms with E-state index in [1.165, 1.54) is 12.4 Å². The summed E-state index contributed by atoms with van der Waals surface area (Å²) < 4.78 is 46.1. The molecule has 2 aromatic rings.